The molecule has 20 heavy (non-hydrogen) atoms. The monoisotopic (exact) mass is 301 g/mol. The standard InChI is InChI=1S/C14H27NO4Si/c1-13(2,3)19-12(17)15-14(7-8-14)11(16)18-9-10-20(4,5)6/h7-10H2,1-6H3,(H,15,17). The Bertz CT molecular complexity index is 378. The van der Waals surface area contributed by atoms with Gasteiger partial charge in [0, 0.05) is 8.07 Å². The summed E-state index contributed by atoms with van der Waals surface area (Å²) in [5, 5.41) is 2.65. The topological polar surface area (TPSA) is 64.6 Å². The zero-order chi connectivity index (χ0) is 15.6. The van der Waals surface area contributed by atoms with E-state index < -0.39 is 25.3 Å². The van der Waals surface area contributed by atoms with Crippen LogP contribution in [0.25, 0.3) is 0 Å². The van der Waals surface area contributed by atoms with Gasteiger partial charge in [-0.1, -0.05) is 19.6 Å². The number of alkyl carbamates (subject to hydrolysis) is 1. The van der Waals surface area contributed by atoms with Gasteiger partial charge in [-0.15, -0.1) is 0 Å². The highest BCUT2D eigenvalue weighted by Gasteiger charge is 2.53. The Balaban J connectivity index is 2.41. The lowest BCUT2D eigenvalue weighted by Gasteiger charge is -2.23. The summed E-state index contributed by atoms with van der Waals surface area (Å²) >= 11 is 0. The van der Waals surface area contributed by atoms with Crippen molar-refractivity contribution in [1.29, 1.82) is 0 Å². The quantitative estimate of drug-likeness (QED) is 0.626. The number of carbonyl (C=O) groups is 2. The minimum atomic E-state index is -1.22. The van der Waals surface area contributed by atoms with Crippen molar-refractivity contribution in [3.63, 3.8) is 0 Å². The van der Waals surface area contributed by atoms with Gasteiger partial charge in [-0.2, -0.15) is 0 Å². The van der Waals surface area contributed by atoms with E-state index in [4.69, 9.17) is 9.47 Å². The zero-order valence-corrected chi connectivity index (χ0v) is 14.5. The molecule has 6 heteroatoms. The predicted octanol–water partition coefficient (Wildman–Crippen LogP) is 2.93. The van der Waals surface area contributed by atoms with Crippen LogP contribution in [0.4, 0.5) is 4.79 Å². The van der Waals surface area contributed by atoms with Crippen molar-refractivity contribution in [2.45, 2.75) is 70.4 Å². The van der Waals surface area contributed by atoms with Gasteiger partial charge in [0.25, 0.3) is 0 Å². The first-order chi connectivity index (χ1) is 8.94. The molecule has 0 aromatic carbocycles. The Kier molecular flexibility index (Phi) is 4.89. The SMILES string of the molecule is CC(C)(C)OC(=O)NC1(C(=O)OCC[Si](C)(C)C)CC1. The lowest BCUT2D eigenvalue weighted by molar-refractivity contribution is -0.146. The maximum absolute atomic E-state index is 12.0. The van der Waals surface area contributed by atoms with E-state index in [1.54, 1.807) is 20.8 Å². The maximum Gasteiger partial charge on any atom is 0.408 e. The molecule has 1 N–H and O–H groups in total. The van der Waals surface area contributed by atoms with Crippen LogP contribution in [0, 0.1) is 0 Å². The molecule has 1 fully saturated rings. The highest BCUT2D eigenvalue weighted by Crippen LogP contribution is 2.37. The summed E-state index contributed by atoms with van der Waals surface area (Å²) in [6, 6.07) is 0.932. The van der Waals surface area contributed by atoms with Gasteiger partial charge in [0.15, 0.2) is 0 Å². The van der Waals surface area contributed by atoms with Gasteiger partial charge in [-0.05, 0) is 39.7 Å². The summed E-state index contributed by atoms with van der Waals surface area (Å²) < 4.78 is 10.5. The minimum Gasteiger partial charge on any atom is -0.464 e. The van der Waals surface area contributed by atoms with E-state index in [9.17, 15) is 9.59 Å². The first-order valence-corrected chi connectivity index (χ1v) is 10.8. The predicted molar refractivity (Wildman–Crippen MR) is 80.4 cm³/mol. The molecule has 116 valence electrons. The second kappa shape index (κ2) is 5.75. The third-order valence-corrected chi connectivity index (χ3v) is 4.67. The number of nitrogens with one attached hydrogen (secondary N) is 1. The first-order valence-electron chi connectivity index (χ1n) is 7.12. The first kappa shape index (κ1) is 17.0. The van der Waals surface area contributed by atoms with Crippen molar-refractivity contribution in [3.8, 4) is 0 Å². The Labute approximate surface area is 122 Å². The fourth-order valence-corrected chi connectivity index (χ4v) is 2.31. The molecule has 0 radical (unpaired) electrons. The second-order valence-corrected chi connectivity index (χ2v) is 13.3. The van der Waals surface area contributed by atoms with E-state index in [0.29, 0.717) is 19.4 Å². The summed E-state index contributed by atoms with van der Waals surface area (Å²) in [7, 11) is -1.22. The number of ether oxygens (including phenoxy) is 2. The van der Waals surface area contributed by atoms with E-state index >= 15 is 0 Å². The van der Waals surface area contributed by atoms with Gasteiger partial charge in [-0.25, -0.2) is 9.59 Å². The lowest BCUT2D eigenvalue weighted by atomic mass is 10.2. The van der Waals surface area contributed by atoms with Crippen LogP contribution in [0.1, 0.15) is 33.6 Å². The smallest absolute Gasteiger partial charge is 0.408 e. The molecular weight excluding hydrogens is 274 g/mol. The highest BCUT2D eigenvalue weighted by atomic mass is 28.3. The molecule has 1 amide bonds. The number of hydrogen-bond acceptors (Lipinski definition) is 4. The second-order valence-electron chi connectivity index (χ2n) is 7.66. The van der Waals surface area contributed by atoms with Crippen LogP contribution in [-0.2, 0) is 14.3 Å². The summed E-state index contributed by atoms with van der Waals surface area (Å²) in [5.74, 6) is -0.332. The van der Waals surface area contributed by atoms with Crippen LogP contribution in [0.5, 0.6) is 0 Å². The van der Waals surface area contributed by atoms with Gasteiger partial charge in [0.1, 0.15) is 11.1 Å². The Morgan fingerprint density at radius 3 is 2.15 bits per heavy atom. The average Bonchev–Trinajstić information content (AvgIpc) is 2.93. The molecule has 0 atom stereocenters. The van der Waals surface area contributed by atoms with E-state index in [1.807, 2.05) is 0 Å². The number of carbonyl (C=O) groups excluding carboxylic acids is 2. The van der Waals surface area contributed by atoms with Crippen LogP contribution in [-0.4, -0.2) is 37.9 Å². The van der Waals surface area contributed by atoms with Gasteiger partial charge in [0.05, 0.1) is 6.61 Å². The van der Waals surface area contributed by atoms with E-state index in [0.717, 1.165) is 6.04 Å². The third-order valence-electron chi connectivity index (χ3n) is 2.97. The van der Waals surface area contributed by atoms with Crippen LogP contribution in [0.15, 0.2) is 0 Å². The van der Waals surface area contributed by atoms with Gasteiger partial charge >= 0.3 is 12.1 Å². The molecule has 0 bridgehead atoms. The lowest BCUT2D eigenvalue weighted by Crippen LogP contribution is -2.46. The van der Waals surface area contributed by atoms with Crippen molar-refractivity contribution in [2.75, 3.05) is 6.61 Å². The molecule has 0 heterocycles. The molecule has 1 saturated carbocycles. The zero-order valence-electron chi connectivity index (χ0n) is 13.5. The van der Waals surface area contributed by atoms with Crippen LogP contribution in [0.3, 0.4) is 0 Å². The van der Waals surface area contributed by atoms with Crippen LogP contribution >= 0.6 is 0 Å². The fraction of sp³-hybridized carbons (Fsp3) is 0.857. The van der Waals surface area contributed by atoms with Crippen LogP contribution < -0.4 is 5.32 Å². The summed E-state index contributed by atoms with van der Waals surface area (Å²) in [6.45, 7) is 12.5. The van der Waals surface area contributed by atoms with Crippen LogP contribution in [0.2, 0.25) is 25.7 Å². The number of esters is 1. The van der Waals surface area contributed by atoms with E-state index in [2.05, 4.69) is 25.0 Å². The number of hydrogen-bond donors (Lipinski definition) is 1. The molecule has 0 aromatic rings. The molecule has 1 aliphatic rings. The summed E-state index contributed by atoms with van der Waals surface area (Å²) in [6.07, 6.45) is 0.688. The van der Waals surface area contributed by atoms with E-state index in [-0.39, 0.29) is 5.97 Å². The van der Waals surface area contributed by atoms with Gasteiger partial charge in [-0.3, -0.25) is 0 Å². The normalized spacial score (nSPS) is 17.3. The molecule has 0 unspecified atom stereocenters. The molecule has 5 nitrogen and oxygen atoms in total. The number of rotatable bonds is 5. The largest absolute Gasteiger partial charge is 0.464 e. The van der Waals surface area contributed by atoms with Crippen molar-refractivity contribution in [3.05, 3.63) is 0 Å². The molecular formula is C14H27NO4Si. The third kappa shape index (κ3) is 5.94. The Morgan fingerprint density at radius 1 is 1.20 bits per heavy atom. The molecule has 0 aromatic heterocycles. The van der Waals surface area contributed by atoms with Crippen molar-refractivity contribution >= 4 is 20.1 Å². The van der Waals surface area contributed by atoms with Crippen molar-refractivity contribution in [2.24, 2.45) is 0 Å². The molecule has 1 rings (SSSR count). The molecule has 1 aliphatic carbocycles. The molecule has 0 aliphatic heterocycles. The maximum atomic E-state index is 12.0. The van der Waals surface area contributed by atoms with Crippen molar-refractivity contribution in [1.82, 2.24) is 5.32 Å². The average molecular weight is 301 g/mol. The molecule has 0 spiro atoms. The van der Waals surface area contributed by atoms with Gasteiger partial charge < -0.3 is 14.8 Å². The highest BCUT2D eigenvalue weighted by molar-refractivity contribution is 6.76. The number of amides is 1. The van der Waals surface area contributed by atoms with Gasteiger partial charge in [0.2, 0.25) is 0 Å². The minimum absolute atomic E-state index is 0.332. The Morgan fingerprint density at radius 2 is 1.75 bits per heavy atom. The van der Waals surface area contributed by atoms with Crippen molar-refractivity contribution < 1.29 is 19.1 Å². The molecule has 0 saturated heterocycles. The fourth-order valence-electron chi connectivity index (χ4n) is 1.59. The Hall–Kier alpha value is -1.04. The summed E-state index contributed by atoms with van der Waals surface area (Å²) in [4.78, 5) is 23.8. The van der Waals surface area contributed by atoms with E-state index in [1.165, 1.54) is 0 Å². The summed E-state index contributed by atoms with van der Waals surface area (Å²) in [5.41, 5.74) is -1.41.